The van der Waals surface area contributed by atoms with Crippen molar-refractivity contribution in [2.75, 3.05) is 0 Å². The summed E-state index contributed by atoms with van der Waals surface area (Å²) in [5.74, 6) is 0.894. The molecular formula is C9H14N4O. The van der Waals surface area contributed by atoms with Crippen molar-refractivity contribution >= 4 is 5.91 Å². The van der Waals surface area contributed by atoms with Gasteiger partial charge in [0.25, 0.3) is 0 Å². The van der Waals surface area contributed by atoms with Crippen LogP contribution in [0.15, 0.2) is 12.4 Å². The fraction of sp³-hybridized carbons (Fsp3) is 0.556. The Bertz CT molecular complexity index is 346. The van der Waals surface area contributed by atoms with Gasteiger partial charge in [0.05, 0.1) is 6.04 Å². The fourth-order valence-electron chi connectivity index (χ4n) is 1.62. The van der Waals surface area contributed by atoms with E-state index in [1.54, 1.807) is 6.20 Å². The maximum Gasteiger partial charge on any atom is 0.238 e. The average molecular weight is 194 g/mol. The highest BCUT2D eigenvalue weighted by atomic mass is 16.2. The third kappa shape index (κ3) is 1.39. The van der Waals surface area contributed by atoms with Crippen LogP contribution in [0.1, 0.15) is 25.8 Å². The predicted molar refractivity (Wildman–Crippen MR) is 51.4 cm³/mol. The molecule has 1 amide bonds. The summed E-state index contributed by atoms with van der Waals surface area (Å²) in [6.07, 6.45) is 3.51. The lowest BCUT2D eigenvalue weighted by Crippen LogP contribution is -2.27. The molecule has 2 unspecified atom stereocenters. The van der Waals surface area contributed by atoms with Crippen molar-refractivity contribution in [1.29, 1.82) is 0 Å². The van der Waals surface area contributed by atoms with Gasteiger partial charge in [-0.1, -0.05) is 0 Å². The van der Waals surface area contributed by atoms with Gasteiger partial charge in [-0.05, 0) is 13.8 Å². The maximum absolute atomic E-state index is 11.3. The van der Waals surface area contributed by atoms with E-state index in [1.165, 1.54) is 0 Å². The van der Waals surface area contributed by atoms with Gasteiger partial charge in [-0.15, -0.1) is 0 Å². The molecule has 0 bridgehead atoms. The molecule has 2 rings (SSSR count). The van der Waals surface area contributed by atoms with E-state index < -0.39 is 0 Å². The standard InChI is InChI=1S/C9H14N4O/c1-3-13-5-4-10-8(13)7-11-6(2)9(14)12-7/h4-7,11H,3H2,1-2H3,(H,12,14). The van der Waals surface area contributed by atoms with Gasteiger partial charge in [-0.25, -0.2) is 4.98 Å². The van der Waals surface area contributed by atoms with Gasteiger partial charge >= 0.3 is 0 Å². The largest absolute Gasteiger partial charge is 0.333 e. The first-order valence-corrected chi connectivity index (χ1v) is 4.80. The number of carbonyl (C=O) groups is 1. The summed E-state index contributed by atoms with van der Waals surface area (Å²) in [5.41, 5.74) is 0. The Kier molecular flexibility index (Phi) is 2.25. The zero-order chi connectivity index (χ0) is 10.1. The normalized spacial score (nSPS) is 26.6. The Balaban J connectivity index is 2.20. The molecule has 5 heteroatoms. The van der Waals surface area contributed by atoms with Crippen LogP contribution in [-0.4, -0.2) is 21.5 Å². The molecule has 0 saturated carbocycles. The van der Waals surface area contributed by atoms with E-state index in [-0.39, 0.29) is 18.1 Å². The Morgan fingerprint density at radius 3 is 3.00 bits per heavy atom. The van der Waals surface area contributed by atoms with Crippen LogP contribution in [0, 0.1) is 0 Å². The number of aromatic nitrogens is 2. The molecule has 1 aliphatic heterocycles. The van der Waals surface area contributed by atoms with Crippen LogP contribution in [0.5, 0.6) is 0 Å². The molecule has 1 aromatic rings. The van der Waals surface area contributed by atoms with E-state index in [4.69, 9.17) is 0 Å². The van der Waals surface area contributed by atoms with Gasteiger partial charge < -0.3 is 9.88 Å². The number of carbonyl (C=O) groups excluding carboxylic acids is 1. The molecule has 2 N–H and O–H groups in total. The van der Waals surface area contributed by atoms with Crippen molar-refractivity contribution in [2.24, 2.45) is 0 Å². The number of imidazole rings is 1. The highest BCUT2D eigenvalue weighted by Gasteiger charge is 2.30. The van der Waals surface area contributed by atoms with E-state index in [0.29, 0.717) is 0 Å². The van der Waals surface area contributed by atoms with E-state index in [0.717, 1.165) is 12.4 Å². The topological polar surface area (TPSA) is 59.0 Å². The van der Waals surface area contributed by atoms with Gasteiger partial charge in [-0.3, -0.25) is 10.1 Å². The van der Waals surface area contributed by atoms with Gasteiger partial charge in [0.2, 0.25) is 5.91 Å². The van der Waals surface area contributed by atoms with E-state index in [2.05, 4.69) is 15.6 Å². The van der Waals surface area contributed by atoms with Crippen molar-refractivity contribution in [2.45, 2.75) is 32.6 Å². The minimum absolute atomic E-state index is 0.0284. The van der Waals surface area contributed by atoms with Crippen molar-refractivity contribution < 1.29 is 4.79 Å². The van der Waals surface area contributed by atoms with E-state index in [1.807, 2.05) is 24.6 Å². The number of hydrogen-bond acceptors (Lipinski definition) is 3. The molecule has 5 nitrogen and oxygen atoms in total. The number of amides is 1. The Labute approximate surface area is 82.5 Å². The van der Waals surface area contributed by atoms with Gasteiger partial charge in [0.1, 0.15) is 12.0 Å². The Morgan fingerprint density at radius 2 is 2.43 bits per heavy atom. The highest BCUT2D eigenvalue weighted by Crippen LogP contribution is 2.13. The molecule has 14 heavy (non-hydrogen) atoms. The summed E-state index contributed by atoms with van der Waals surface area (Å²) < 4.78 is 2.01. The second-order valence-corrected chi connectivity index (χ2v) is 3.40. The SMILES string of the molecule is CCn1ccnc1C1NC(=O)C(C)N1. The first-order chi connectivity index (χ1) is 6.72. The average Bonchev–Trinajstić information content (AvgIpc) is 2.73. The summed E-state index contributed by atoms with van der Waals surface area (Å²) in [6.45, 7) is 4.75. The van der Waals surface area contributed by atoms with Gasteiger partial charge in [-0.2, -0.15) is 0 Å². The lowest BCUT2D eigenvalue weighted by Gasteiger charge is -2.11. The number of aryl methyl sites for hydroxylation is 1. The smallest absolute Gasteiger partial charge is 0.238 e. The molecule has 0 aromatic carbocycles. The van der Waals surface area contributed by atoms with E-state index >= 15 is 0 Å². The molecule has 1 saturated heterocycles. The fourth-order valence-corrected chi connectivity index (χ4v) is 1.62. The van der Waals surface area contributed by atoms with Crippen LogP contribution in [0.25, 0.3) is 0 Å². The molecule has 1 aromatic heterocycles. The number of hydrogen-bond donors (Lipinski definition) is 2. The molecule has 0 aliphatic carbocycles. The van der Waals surface area contributed by atoms with Crippen molar-refractivity contribution in [3.8, 4) is 0 Å². The third-order valence-corrected chi connectivity index (χ3v) is 2.44. The molecule has 1 fully saturated rings. The molecule has 1 aliphatic rings. The minimum Gasteiger partial charge on any atom is -0.333 e. The third-order valence-electron chi connectivity index (χ3n) is 2.44. The summed E-state index contributed by atoms with van der Waals surface area (Å²) in [4.78, 5) is 15.5. The monoisotopic (exact) mass is 194 g/mol. The summed E-state index contributed by atoms with van der Waals surface area (Å²) in [6, 6.07) is -0.137. The second kappa shape index (κ2) is 3.42. The number of nitrogens with one attached hydrogen (secondary N) is 2. The molecule has 76 valence electrons. The summed E-state index contributed by atoms with van der Waals surface area (Å²) >= 11 is 0. The van der Waals surface area contributed by atoms with Crippen LogP contribution in [-0.2, 0) is 11.3 Å². The quantitative estimate of drug-likeness (QED) is 0.697. The lowest BCUT2D eigenvalue weighted by molar-refractivity contribution is -0.120. The van der Waals surface area contributed by atoms with Crippen LogP contribution in [0.3, 0.4) is 0 Å². The number of rotatable bonds is 2. The first kappa shape index (κ1) is 9.21. The predicted octanol–water partition coefficient (Wildman–Crippen LogP) is 0.00950. The molecule has 0 radical (unpaired) electrons. The highest BCUT2D eigenvalue weighted by molar-refractivity contribution is 5.83. The first-order valence-electron chi connectivity index (χ1n) is 4.80. The van der Waals surface area contributed by atoms with E-state index in [9.17, 15) is 4.79 Å². The van der Waals surface area contributed by atoms with Gasteiger partial charge in [0.15, 0.2) is 0 Å². The van der Waals surface area contributed by atoms with Crippen molar-refractivity contribution in [3.05, 3.63) is 18.2 Å². The van der Waals surface area contributed by atoms with Crippen LogP contribution in [0.4, 0.5) is 0 Å². The van der Waals surface area contributed by atoms with Crippen LogP contribution < -0.4 is 10.6 Å². The number of nitrogens with zero attached hydrogens (tertiary/aromatic N) is 2. The second-order valence-electron chi connectivity index (χ2n) is 3.40. The zero-order valence-corrected chi connectivity index (χ0v) is 8.32. The Hall–Kier alpha value is -1.36. The zero-order valence-electron chi connectivity index (χ0n) is 8.32. The van der Waals surface area contributed by atoms with Crippen molar-refractivity contribution in [3.63, 3.8) is 0 Å². The summed E-state index contributed by atoms with van der Waals surface area (Å²) in [7, 11) is 0. The molecule has 0 spiro atoms. The molecular weight excluding hydrogens is 180 g/mol. The lowest BCUT2D eigenvalue weighted by atomic mass is 10.3. The molecule has 2 atom stereocenters. The molecule has 2 heterocycles. The van der Waals surface area contributed by atoms with Gasteiger partial charge in [0, 0.05) is 18.9 Å². The Morgan fingerprint density at radius 1 is 1.64 bits per heavy atom. The summed E-state index contributed by atoms with van der Waals surface area (Å²) in [5, 5.41) is 5.98. The van der Waals surface area contributed by atoms with Crippen LogP contribution in [0.2, 0.25) is 0 Å². The van der Waals surface area contributed by atoms with Crippen LogP contribution >= 0.6 is 0 Å². The minimum atomic E-state index is -0.146. The van der Waals surface area contributed by atoms with Crippen molar-refractivity contribution in [1.82, 2.24) is 20.2 Å². The maximum atomic E-state index is 11.3.